The van der Waals surface area contributed by atoms with Gasteiger partial charge in [0, 0.05) is 0 Å². The maximum Gasteiger partial charge on any atom is 0.322 e. The van der Waals surface area contributed by atoms with E-state index in [2.05, 4.69) is 5.32 Å². The minimum atomic E-state index is -0.214. The Morgan fingerprint density at radius 2 is 2.07 bits per heavy atom. The van der Waals surface area contributed by atoms with Crippen LogP contribution in [0.3, 0.4) is 0 Å². The van der Waals surface area contributed by atoms with Crippen molar-refractivity contribution in [3.05, 3.63) is 35.9 Å². The minimum Gasteiger partial charge on any atom is -0.463 e. The molecule has 0 aliphatic carbocycles. The number of cyclic esters (lactones) is 1. The van der Waals surface area contributed by atoms with Gasteiger partial charge in [0.05, 0.1) is 6.04 Å². The summed E-state index contributed by atoms with van der Waals surface area (Å²) in [5, 5.41) is 3.21. The lowest BCUT2D eigenvalue weighted by Crippen LogP contribution is -2.45. The van der Waals surface area contributed by atoms with Gasteiger partial charge in [-0.05, 0) is 12.5 Å². The van der Waals surface area contributed by atoms with Crippen LogP contribution in [-0.4, -0.2) is 18.6 Å². The van der Waals surface area contributed by atoms with Crippen molar-refractivity contribution in [1.29, 1.82) is 0 Å². The van der Waals surface area contributed by atoms with E-state index < -0.39 is 0 Å². The SMILES string of the molecule is C[C@H]1N[C@@H](c2ccccc2)COC1=O. The van der Waals surface area contributed by atoms with Gasteiger partial charge in [-0.15, -0.1) is 0 Å². The van der Waals surface area contributed by atoms with E-state index in [9.17, 15) is 4.79 Å². The van der Waals surface area contributed by atoms with Gasteiger partial charge in [-0.25, -0.2) is 0 Å². The van der Waals surface area contributed by atoms with Gasteiger partial charge in [0.15, 0.2) is 0 Å². The van der Waals surface area contributed by atoms with Crippen LogP contribution in [0.4, 0.5) is 0 Å². The van der Waals surface area contributed by atoms with E-state index >= 15 is 0 Å². The first-order valence-electron chi connectivity index (χ1n) is 4.75. The molecule has 1 aliphatic rings. The number of rotatable bonds is 1. The molecule has 1 saturated heterocycles. The predicted molar refractivity (Wildman–Crippen MR) is 52.7 cm³/mol. The summed E-state index contributed by atoms with van der Waals surface area (Å²) in [4.78, 5) is 11.1. The first-order valence-corrected chi connectivity index (χ1v) is 4.75. The molecule has 0 spiro atoms. The molecule has 3 nitrogen and oxygen atoms in total. The number of hydrogen-bond acceptors (Lipinski definition) is 3. The largest absolute Gasteiger partial charge is 0.463 e. The second-order valence-electron chi connectivity index (χ2n) is 3.48. The Balaban J connectivity index is 2.11. The molecule has 74 valence electrons. The van der Waals surface area contributed by atoms with Crippen molar-refractivity contribution < 1.29 is 9.53 Å². The van der Waals surface area contributed by atoms with E-state index in [1.54, 1.807) is 0 Å². The maximum atomic E-state index is 11.1. The number of esters is 1. The molecule has 0 unspecified atom stereocenters. The molecular weight excluding hydrogens is 178 g/mol. The van der Waals surface area contributed by atoms with Gasteiger partial charge in [-0.2, -0.15) is 0 Å². The van der Waals surface area contributed by atoms with Crippen LogP contribution in [0.5, 0.6) is 0 Å². The van der Waals surface area contributed by atoms with Crippen molar-refractivity contribution >= 4 is 5.97 Å². The highest BCUT2D eigenvalue weighted by Gasteiger charge is 2.26. The van der Waals surface area contributed by atoms with E-state index in [1.807, 2.05) is 37.3 Å². The Labute approximate surface area is 83.1 Å². The molecule has 0 amide bonds. The molecular formula is C11H13NO2. The molecule has 14 heavy (non-hydrogen) atoms. The number of morpholine rings is 1. The summed E-state index contributed by atoms with van der Waals surface area (Å²) in [6, 6.07) is 9.92. The molecule has 3 heteroatoms. The fourth-order valence-electron chi connectivity index (χ4n) is 1.59. The third kappa shape index (κ3) is 1.77. The smallest absolute Gasteiger partial charge is 0.322 e. The predicted octanol–water partition coefficient (Wildman–Crippen LogP) is 1.26. The number of benzene rings is 1. The highest BCUT2D eigenvalue weighted by molar-refractivity contribution is 5.76. The van der Waals surface area contributed by atoms with Crippen molar-refractivity contribution in [2.45, 2.75) is 19.0 Å². The summed E-state index contributed by atoms with van der Waals surface area (Å²) >= 11 is 0. The number of ether oxygens (including phenoxy) is 1. The third-order valence-corrected chi connectivity index (χ3v) is 2.40. The normalized spacial score (nSPS) is 27.1. The summed E-state index contributed by atoms with van der Waals surface area (Å²) in [5.41, 5.74) is 1.16. The fourth-order valence-corrected chi connectivity index (χ4v) is 1.59. The van der Waals surface area contributed by atoms with Gasteiger partial charge < -0.3 is 4.74 Å². The molecule has 0 bridgehead atoms. The molecule has 1 aliphatic heterocycles. The van der Waals surface area contributed by atoms with Crippen molar-refractivity contribution in [2.75, 3.05) is 6.61 Å². The highest BCUT2D eigenvalue weighted by atomic mass is 16.5. The summed E-state index contributed by atoms with van der Waals surface area (Å²) < 4.78 is 5.06. The van der Waals surface area contributed by atoms with Crippen molar-refractivity contribution in [3.8, 4) is 0 Å². The summed E-state index contributed by atoms with van der Waals surface area (Å²) in [5.74, 6) is -0.169. The van der Waals surface area contributed by atoms with Crippen molar-refractivity contribution in [1.82, 2.24) is 5.32 Å². The van der Waals surface area contributed by atoms with Gasteiger partial charge in [0.1, 0.15) is 12.6 Å². The Bertz CT molecular complexity index is 323. The summed E-state index contributed by atoms with van der Waals surface area (Å²) in [7, 11) is 0. The zero-order valence-corrected chi connectivity index (χ0v) is 8.07. The standard InChI is InChI=1S/C11H13NO2/c1-8-11(13)14-7-10(12-8)9-5-3-2-4-6-9/h2-6,8,10,12H,7H2,1H3/t8-,10-/m1/s1. The summed E-state index contributed by atoms with van der Waals surface area (Å²) in [6.07, 6.45) is 0. The van der Waals surface area contributed by atoms with Crippen LogP contribution in [-0.2, 0) is 9.53 Å². The lowest BCUT2D eigenvalue weighted by atomic mass is 10.1. The van der Waals surface area contributed by atoms with Crippen LogP contribution in [0, 0.1) is 0 Å². The second kappa shape index (κ2) is 3.80. The van der Waals surface area contributed by atoms with Crippen LogP contribution in [0.1, 0.15) is 18.5 Å². The lowest BCUT2D eigenvalue weighted by molar-refractivity contribution is -0.151. The molecule has 1 N–H and O–H groups in total. The maximum absolute atomic E-state index is 11.1. The summed E-state index contributed by atoms with van der Waals surface area (Å²) in [6.45, 7) is 2.24. The van der Waals surface area contributed by atoms with Crippen LogP contribution in [0.15, 0.2) is 30.3 Å². The van der Waals surface area contributed by atoms with Gasteiger partial charge in [-0.1, -0.05) is 30.3 Å². The average molecular weight is 191 g/mol. The average Bonchev–Trinajstić information content (AvgIpc) is 2.23. The Kier molecular flexibility index (Phi) is 2.50. The third-order valence-electron chi connectivity index (χ3n) is 2.40. The second-order valence-corrected chi connectivity index (χ2v) is 3.48. The molecule has 2 rings (SSSR count). The first-order chi connectivity index (χ1) is 6.77. The molecule has 1 aromatic carbocycles. The van der Waals surface area contributed by atoms with E-state index in [-0.39, 0.29) is 18.1 Å². The van der Waals surface area contributed by atoms with Crippen LogP contribution >= 0.6 is 0 Å². The Morgan fingerprint density at radius 3 is 2.71 bits per heavy atom. The number of hydrogen-bond donors (Lipinski definition) is 1. The van der Waals surface area contributed by atoms with Crippen molar-refractivity contribution in [2.24, 2.45) is 0 Å². The van der Waals surface area contributed by atoms with Crippen molar-refractivity contribution in [3.63, 3.8) is 0 Å². The van der Waals surface area contributed by atoms with E-state index in [0.29, 0.717) is 6.61 Å². The number of carbonyl (C=O) groups is 1. The Hall–Kier alpha value is -1.35. The monoisotopic (exact) mass is 191 g/mol. The molecule has 2 atom stereocenters. The van der Waals surface area contributed by atoms with E-state index in [4.69, 9.17) is 4.74 Å². The van der Waals surface area contributed by atoms with Gasteiger partial charge in [0.25, 0.3) is 0 Å². The molecule has 0 radical (unpaired) electrons. The lowest BCUT2D eigenvalue weighted by Gasteiger charge is -2.28. The minimum absolute atomic E-state index is 0.129. The number of nitrogens with one attached hydrogen (secondary N) is 1. The highest BCUT2D eigenvalue weighted by Crippen LogP contribution is 2.17. The molecule has 0 saturated carbocycles. The topological polar surface area (TPSA) is 38.3 Å². The van der Waals surface area contributed by atoms with Crippen LogP contribution in [0.2, 0.25) is 0 Å². The molecule has 1 heterocycles. The van der Waals surface area contributed by atoms with E-state index in [1.165, 1.54) is 0 Å². The van der Waals surface area contributed by atoms with Crippen LogP contribution in [0.25, 0.3) is 0 Å². The fraction of sp³-hybridized carbons (Fsp3) is 0.364. The zero-order chi connectivity index (χ0) is 9.97. The zero-order valence-electron chi connectivity index (χ0n) is 8.07. The number of carbonyl (C=O) groups excluding carboxylic acids is 1. The molecule has 0 aromatic heterocycles. The quantitative estimate of drug-likeness (QED) is 0.679. The molecule has 1 fully saturated rings. The van der Waals surface area contributed by atoms with E-state index in [0.717, 1.165) is 5.56 Å². The van der Waals surface area contributed by atoms with Gasteiger partial charge in [-0.3, -0.25) is 10.1 Å². The molecule has 1 aromatic rings. The first kappa shape index (κ1) is 9.21. The van der Waals surface area contributed by atoms with Gasteiger partial charge >= 0.3 is 5.97 Å². The van der Waals surface area contributed by atoms with Crippen LogP contribution < -0.4 is 5.32 Å². The van der Waals surface area contributed by atoms with Gasteiger partial charge in [0.2, 0.25) is 0 Å². The Morgan fingerprint density at radius 1 is 1.36 bits per heavy atom.